The second kappa shape index (κ2) is 9.46. The summed E-state index contributed by atoms with van der Waals surface area (Å²) in [5.41, 5.74) is -6.20. The smallest absolute Gasteiger partial charge is 0.464 e. The summed E-state index contributed by atoms with van der Waals surface area (Å²) in [6.45, 7) is 8.03. The number of halogens is 3. The van der Waals surface area contributed by atoms with Gasteiger partial charge in [0.25, 0.3) is 0 Å². The molecule has 188 valence electrons. The van der Waals surface area contributed by atoms with Crippen molar-refractivity contribution in [1.82, 2.24) is 4.98 Å². The number of allylic oxidation sites excluding steroid dienone is 2. The van der Waals surface area contributed by atoms with Crippen LogP contribution in [0.5, 0.6) is 5.75 Å². The number of alkyl halides is 3. The van der Waals surface area contributed by atoms with Crippen LogP contribution in [0.4, 0.5) is 13.2 Å². The van der Waals surface area contributed by atoms with Gasteiger partial charge in [-0.3, -0.25) is 0 Å². The maximum Gasteiger partial charge on any atom is 0.534 e. The van der Waals surface area contributed by atoms with Gasteiger partial charge in [0.15, 0.2) is 11.9 Å². The van der Waals surface area contributed by atoms with Crippen LogP contribution in [0.15, 0.2) is 18.2 Å². The molecule has 3 rings (SSSR count). The zero-order chi connectivity index (χ0) is 25.5. The first-order valence-electron chi connectivity index (χ1n) is 10.6. The predicted molar refractivity (Wildman–Crippen MR) is 121 cm³/mol. The van der Waals surface area contributed by atoms with Crippen LogP contribution in [0.1, 0.15) is 68.7 Å². The highest BCUT2D eigenvalue weighted by atomic mass is 32.2. The average molecular weight is 522 g/mol. The van der Waals surface area contributed by atoms with Gasteiger partial charge in [-0.25, -0.2) is 9.78 Å². The highest BCUT2D eigenvalue weighted by Crippen LogP contribution is 2.46. The van der Waals surface area contributed by atoms with E-state index in [9.17, 15) is 26.4 Å². The van der Waals surface area contributed by atoms with E-state index >= 15 is 0 Å². The van der Waals surface area contributed by atoms with Crippen LogP contribution in [0.25, 0.3) is 10.2 Å². The number of benzene rings is 1. The molecule has 0 aliphatic heterocycles. The fourth-order valence-electron chi connectivity index (χ4n) is 3.55. The van der Waals surface area contributed by atoms with Gasteiger partial charge in [0, 0.05) is 11.5 Å². The number of rotatable bonds is 7. The van der Waals surface area contributed by atoms with Crippen LogP contribution in [0, 0.1) is 6.92 Å². The molecule has 34 heavy (non-hydrogen) atoms. The zero-order valence-corrected chi connectivity index (χ0v) is 21.0. The van der Waals surface area contributed by atoms with E-state index in [0.717, 1.165) is 24.2 Å². The quantitative estimate of drug-likeness (QED) is 0.200. The minimum Gasteiger partial charge on any atom is -0.464 e. The van der Waals surface area contributed by atoms with Crippen LogP contribution < -0.4 is 4.18 Å². The molecule has 0 fully saturated rings. The Morgan fingerprint density at radius 1 is 1.29 bits per heavy atom. The van der Waals surface area contributed by atoms with Gasteiger partial charge in [0.2, 0.25) is 0 Å². The van der Waals surface area contributed by atoms with E-state index in [4.69, 9.17) is 13.7 Å². The average Bonchev–Trinajstić information content (AvgIpc) is 3.34. The van der Waals surface area contributed by atoms with Crippen LogP contribution >= 0.6 is 11.3 Å². The number of hydrogen-bond donors (Lipinski definition) is 0. The summed E-state index contributed by atoms with van der Waals surface area (Å²) < 4.78 is 79.8. The topological polar surface area (TPSA) is 91.8 Å². The Morgan fingerprint density at radius 2 is 1.97 bits per heavy atom. The Balaban J connectivity index is 2.30. The zero-order valence-electron chi connectivity index (χ0n) is 19.4. The van der Waals surface area contributed by atoms with Crippen LogP contribution in [-0.4, -0.2) is 37.1 Å². The minimum atomic E-state index is -6.05. The van der Waals surface area contributed by atoms with Gasteiger partial charge in [-0.1, -0.05) is 12.2 Å². The number of nitrogens with zero attached hydrogens (tertiary/aromatic N) is 1. The fourth-order valence-corrected chi connectivity index (χ4v) is 5.25. The van der Waals surface area contributed by atoms with Crippen molar-refractivity contribution in [2.45, 2.75) is 70.6 Å². The summed E-state index contributed by atoms with van der Waals surface area (Å²) in [6.07, 6.45) is 4.01. The first kappa shape index (κ1) is 26.4. The molecule has 7 nitrogen and oxygen atoms in total. The second-order valence-corrected chi connectivity index (χ2v) is 11.4. The molecule has 0 amide bonds. The van der Waals surface area contributed by atoms with E-state index in [1.165, 1.54) is 6.92 Å². The summed E-state index contributed by atoms with van der Waals surface area (Å²) >= 11 is 1.03. The van der Waals surface area contributed by atoms with Crippen molar-refractivity contribution in [1.29, 1.82) is 0 Å². The summed E-state index contributed by atoms with van der Waals surface area (Å²) in [5, 5.41) is 0.610. The Hall–Kier alpha value is -2.18. The number of fused-ring (bicyclic) bond motifs is 1. The molecule has 1 aromatic carbocycles. The first-order valence-corrected chi connectivity index (χ1v) is 12.8. The largest absolute Gasteiger partial charge is 0.534 e. The summed E-state index contributed by atoms with van der Waals surface area (Å²) in [5.74, 6) is -1.54. The minimum absolute atomic E-state index is 0.0140. The number of hydrogen-bond acceptors (Lipinski definition) is 8. The van der Waals surface area contributed by atoms with Crippen molar-refractivity contribution in [3.8, 4) is 5.75 Å². The van der Waals surface area contributed by atoms with Crippen LogP contribution in [0.2, 0.25) is 0 Å². The lowest BCUT2D eigenvalue weighted by Gasteiger charge is -2.28. The summed E-state index contributed by atoms with van der Waals surface area (Å²) in [7, 11) is -6.05. The Labute approximate surface area is 200 Å². The molecule has 0 bridgehead atoms. The maximum atomic E-state index is 13.3. The van der Waals surface area contributed by atoms with Crippen LogP contribution in [0.3, 0.4) is 0 Å². The van der Waals surface area contributed by atoms with Gasteiger partial charge in [-0.2, -0.15) is 21.6 Å². The number of carbonyl (C=O) groups excluding carboxylic acids is 1. The van der Waals surface area contributed by atoms with Gasteiger partial charge in [-0.05, 0) is 59.1 Å². The molecule has 0 spiro atoms. The highest BCUT2D eigenvalue weighted by Gasteiger charge is 2.50. The monoisotopic (exact) mass is 521 g/mol. The molecule has 1 aliphatic carbocycles. The van der Waals surface area contributed by atoms with Gasteiger partial charge in [0.05, 0.1) is 22.4 Å². The molecule has 0 N–H and O–H groups in total. The predicted octanol–water partition coefficient (Wildman–Crippen LogP) is 5.69. The fraction of sp³-hybridized carbons (Fsp3) is 0.545. The number of carbonyl (C=O) groups is 1. The Morgan fingerprint density at radius 3 is 2.50 bits per heavy atom. The Kier molecular flexibility index (Phi) is 7.35. The van der Waals surface area contributed by atoms with E-state index in [1.807, 2.05) is 12.2 Å². The van der Waals surface area contributed by atoms with Gasteiger partial charge in [0.1, 0.15) is 5.01 Å². The second-order valence-electron chi connectivity index (χ2n) is 8.79. The number of esters is 1. The molecule has 2 atom stereocenters. The van der Waals surface area contributed by atoms with Crippen LogP contribution in [-0.2, 0) is 24.4 Å². The third-order valence-corrected chi connectivity index (χ3v) is 7.09. The SMILES string of the molecule is CCOC(=O)[C@@H](OC(C)(C)C)c1c(C)cc2nc([C@H]3C=CCC3)sc2c1OS(=O)(=O)C(F)(F)F. The van der Waals surface area contributed by atoms with Gasteiger partial charge in [-0.15, -0.1) is 11.3 Å². The van der Waals surface area contributed by atoms with E-state index in [1.54, 1.807) is 33.8 Å². The summed E-state index contributed by atoms with van der Waals surface area (Å²) in [6, 6.07) is 1.58. The third kappa shape index (κ3) is 5.55. The van der Waals surface area contributed by atoms with Crippen molar-refractivity contribution < 1.29 is 40.0 Å². The van der Waals surface area contributed by atoms with E-state index in [0.29, 0.717) is 5.01 Å². The van der Waals surface area contributed by atoms with Crippen molar-refractivity contribution in [3.63, 3.8) is 0 Å². The maximum absolute atomic E-state index is 13.3. The number of thiazole rings is 1. The van der Waals surface area contributed by atoms with Crippen molar-refractivity contribution in [3.05, 3.63) is 34.4 Å². The number of aromatic nitrogens is 1. The number of aryl methyl sites for hydroxylation is 1. The molecule has 0 saturated heterocycles. The van der Waals surface area contributed by atoms with E-state index in [2.05, 4.69) is 4.98 Å². The summed E-state index contributed by atoms with van der Waals surface area (Å²) in [4.78, 5) is 17.4. The number of ether oxygens (including phenoxy) is 2. The molecule has 0 unspecified atom stereocenters. The molecule has 2 aromatic rings. The molecule has 0 saturated carbocycles. The molecular weight excluding hydrogens is 495 g/mol. The molecule has 0 radical (unpaired) electrons. The molecule has 12 heteroatoms. The molecule has 1 heterocycles. The van der Waals surface area contributed by atoms with Crippen molar-refractivity contribution in [2.24, 2.45) is 0 Å². The molecule has 1 aromatic heterocycles. The standard InChI is InChI=1S/C22H26F3NO6S2/c1-6-30-20(27)17(31-21(3,4)5)15-12(2)11-14-18(16(15)32-34(28,29)22(23,24)25)33-19(26-14)13-9-7-8-10-13/h7,9,11,13,17H,6,8,10H2,1-5H3/t13-,17-/m0/s1. The van der Waals surface area contributed by atoms with E-state index < -0.39 is 39.1 Å². The Bertz CT molecular complexity index is 1210. The normalized spacial score (nSPS) is 17.8. The van der Waals surface area contributed by atoms with Crippen molar-refractivity contribution >= 4 is 37.6 Å². The lowest BCUT2D eigenvalue weighted by molar-refractivity contribution is -0.167. The molecule has 1 aliphatic rings. The molecular formula is C22H26F3NO6S2. The van der Waals surface area contributed by atoms with Crippen molar-refractivity contribution in [2.75, 3.05) is 6.61 Å². The van der Waals surface area contributed by atoms with Gasteiger partial charge >= 0.3 is 21.6 Å². The third-order valence-electron chi connectivity index (χ3n) is 4.94. The van der Waals surface area contributed by atoms with Gasteiger partial charge < -0.3 is 13.7 Å². The lowest BCUT2D eigenvalue weighted by atomic mass is 10.00. The highest BCUT2D eigenvalue weighted by molar-refractivity contribution is 7.88. The lowest BCUT2D eigenvalue weighted by Crippen LogP contribution is -2.31. The van der Waals surface area contributed by atoms with E-state index in [-0.39, 0.29) is 33.9 Å². The first-order chi connectivity index (χ1) is 15.6.